The van der Waals surface area contributed by atoms with Crippen molar-refractivity contribution in [3.8, 4) is 0 Å². The Hall–Kier alpha value is -1.14. The first kappa shape index (κ1) is 18.2. The average molecular weight is 358 g/mol. The smallest absolute Gasteiger partial charge is 0.0974 e. The van der Waals surface area contributed by atoms with Gasteiger partial charge in [0.2, 0.25) is 0 Å². The maximum Gasteiger partial charge on any atom is 0.0974 e. The van der Waals surface area contributed by atoms with E-state index >= 15 is 0 Å². The summed E-state index contributed by atoms with van der Waals surface area (Å²) < 4.78 is 0. The molecule has 1 saturated carbocycles. The average Bonchev–Trinajstić information content (AvgIpc) is 3.15. The first-order chi connectivity index (χ1) is 12.8. The zero-order valence-corrected chi connectivity index (χ0v) is 16.1. The second-order valence-corrected chi connectivity index (χ2v) is 8.34. The largest absolute Gasteiger partial charge is 0.385 e. The molecule has 1 aliphatic carbocycles. The Morgan fingerprint density at radius 3 is 2.85 bits per heavy atom. The minimum atomic E-state index is 0.203. The van der Waals surface area contributed by atoms with Crippen LogP contribution in [0.5, 0.6) is 0 Å². The molecule has 3 unspecified atom stereocenters. The van der Waals surface area contributed by atoms with Crippen LogP contribution < -0.4 is 21.5 Å². The molecule has 26 heavy (non-hydrogen) atoms. The Kier molecular flexibility index (Phi) is 6.10. The van der Waals surface area contributed by atoms with Gasteiger partial charge in [-0.15, -0.1) is 0 Å². The summed E-state index contributed by atoms with van der Waals surface area (Å²) in [6.45, 7) is 6.77. The number of hydrogen-bond donors (Lipinski definition) is 4. The Bertz CT molecular complexity index is 567. The van der Waals surface area contributed by atoms with Crippen molar-refractivity contribution in [3.05, 3.63) is 29.8 Å². The summed E-state index contributed by atoms with van der Waals surface area (Å²) in [6.07, 6.45) is 8.66. The van der Waals surface area contributed by atoms with Gasteiger partial charge in [0.25, 0.3) is 0 Å². The second kappa shape index (κ2) is 8.70. The van der Waals surface area contributed by atoms with Gasteiger partial charge in [0, 0.05) is 24.8 Å². The standard InChI is InChI=1S/C21H35N5/c1-2-11-26-14-16(9-10-20(26)17-5-3-6-17)13-22-19-8-4-7-18(12-19)21-23-15-24-25-21/h4,7-8,12,16-17,20-25H,2-3,5-6,9-11,13-15H2,1H3. The number of nitrogens with one attached hydrogen (secondary N) is 4. The highest BCUT2D eigenvalue weighted by Gasteiger charge is 2.35. The van der Waals surface area contributed by atoms with Crippen LogP contribution in [-0.2, 0) is 0 Å². The highest BCUT2D eigenvalue weighted by molar-refractivity contribution is 5.46. The van der Waals surface area contributed by atoms with Gasteiger partial charge in [-0.05, 0) is 68.2 Å². The Labute approximate surface area is 158 Å². The van der Waals surface area contributed by atoms with Gasteiger partial charge in [-0.3, -0.25) is 10.2 Å². The molecular weight excluding hydrogens is 322 g/mol. The molecule has 5 heteroatoms. The fourth-order valence-corrected chi connectivity index (χ4v) is 4.87. The molecule has 2 heterocycles. The van der Waals surface area contributed by atoms with Crippen molar-refractivity contribution in [2.24, 2.45) is 11.8 Å². The lowest BCUT2D eigenvalue weighted by Gasteiger charge is -2.46. The first-order valence-electron chi connectivity index (χ1n) is 10.6. The molecule has 1 aromatic carbocycles. The summed E-state index contributed by atoms with van der Waals surface area (Å²) in [7, 11) is 0. The molecule has 4 rings (SSSR count). The maximum atomic E-state index is 3.71. The van der Waals surface area contributed by atoms with E-state index in [-0.39, 0.29) is 6.17 Å². The summed E-state index contributed by atoms with van der Waals surface area (Å²) in [5.41, 5.74) is 8.90. The molecule has 2 saturated heterocycles. The lowest BCUT2D eigenvalue weighted by atomic mass is 9.74. The fraction of sp³-hybridized carbons (Fsp3) is 0.714. The van der Waals surface area contributed by atoms with Gasteiger partial charge in [-0.25, -0.2) is 10.9 Å². The Morgan fingerprint density at radius 1 is 1.19 bits per heavy atom. The molecule has 5 nitrogen and oxygen atoms in total. The predicted octanol–water partition coefficient (Wildman–Crippen LogP) is 3.04. The van der Waals surface area contributed by atoms with Crippen molar-refractivity contribution in [1.29, 1.82) is 0 Å². The van der Waals surface area contributed by atoms with E-state index < -0.39 is 0 Å². The van der Waals surface area contributed by atoms with Gasteiger partial charge in [0.1, 0.15) is 0 Å². The van der Waals surface area contributed by atoms with E-state index in [4.69, 9.17) is 0 Å². The number of rotatable bonds is 7. The third-order valence-electron chi connectivity index (χ3n) is 6.49. The van der Waals surface area contributed by atoms with Gasteiger partial charge in [0.05, 0.1) is 12.8 Å². The summed E-state index contributed by atoms with van der Waals surface area (Å²) >= 11 is 0. The number of benzene rings is 1. The number of likely N-dealkylation sites (tertiary alicyclic amines) is 1. The van der Waals surface area contributed by atoms with Crippen LogP contribution in [0, 0.1) is 11.8 Å². The van der Waals surface area contributed by atoms with Gasteiger partial charge < -0.3 is 5.32 Å². The lowest BCUT2D eigenvalue weighted by Crippen LogP contribution is -2.50. The SMILES string of the molecule is CCCN1CC(CNc2cccc(C3NCNN3)c2)CCC1C1CCC1. The number of hydrazine groups is 1. The zero-order chi connectivity index (χ0) is 17.8. The predicted molar refractivity (Wildman–Crippen MR) is 108 cm³/mol. The molecule has 1 aromatic rings. The van der Waals surface area contributed by atoms with Crippen molar-refractivity contribution in [3.63, 3.8) is 0 Å². The van der Waals surface area contributed by atoms with E-state index in [1.165, 1.54) is 62.9 Å². The van der Waals surface area contributed by atoms with Crippen LogP contribution in [0.2, 0.25) is 0 Å². The van der Waals surface area contributed by atoms with Gasteiger partial charge in [-0.1, -0.05) is 25.5 Å². The maximum absolute atomic E-state index is 3.71. The fourth-order valence-electron chi connectivity index (χ4n) is 4.87. The van der Waals surface area contributed by atoms with Gasteiger partial charge in [-0.2, -0.15) is 0 Å². The van der Waals surface area contributed by atoms with Crippen LogP contribution in [0.4, 0.5) is 5.69 Å². The quantitative estimate of drug-likeness (QED) is 0.604. The third kappa shape index (κ3) is 4.22. The van der Waals surface area contributed by atoms with E-state index in [2.05, 4.69) is 57.6 Å². The lowest BCUT2D eigenvalue weighted by molar-refractivity contribution is 0.0417. The molecule has 0 amide bonds. The molecule has 3 atom stereocenters. The summed E-state index contributed by atoms with van der Waals surface area (Å²) in [5.74, 6) is 1.76. The summed E-state index contributed by atoms with van der Waals surface area (Å²) in [4.78, 5) is 2.81. The molecule has 0 bridgehead atoms. The van der Waals surface area contributed by atoms with E-state index in [0.717, 1.165) is 31.1 Å². The monoisotopic (exact) mass is 357 g/mol. The van der Waals surface area contributed by atoms with Crippen LogP contribution in [-0.4, -0.2) is 37.2 Å². The number of hydrogen-bond acceptors (Lipinski definition) is 5. The zero-order valence-electron chi connectivity index (χ0n) is 16.1. The van der Waals surface area contributed by atoms with Crippen LogP contribution in [0.1, 0.15) is 57.2 Å². The topological polar surface area (TPSA) is 51.4 Å². The van der Waals surface area contributed by atoms with Crippen LogP contribution in [0.15, 0.2) is 24.3 Å². The summed E-state index contributed by atoms with van der Waals surface area (Å²) in [5, 5.41) is 7.11. The van der Waals surface area contributed by atoms with E-state index in [9.17, 15) is 0 Å². The Morgan fingerprint density at radius 2 is 2.12 bits per heavy atom. The molecule has 0 spiro atoms. The van der Waals surface area contributed by atoms with Gasteiger partial charge >= 0.3 is 0 Å². The van der Waals surface area contributed by atoms with Gasteiger partial charge in [0.15, 0.2) is 0 Å². The highest BCUT2D eigenvalue weighted by atomic mass is 15.5. The summed E-state index contributed by atoms with van der Waals surface area (Å²) in [6, 6.07) is 9.65. The molecule has 144 valence electrons. The number of piperidine rings is 1. The molecule has 3 aliphatic rings. The minimum Gasteiger partial charge on any atom is -0.385 e. The molecular formula is C21H35N5. The van der Waals surface area contributed by atoms with E-state index in [1.807, 2.05) is 0 Å². The van der Waals surface area contributed by atoms with E-state index in [1.54, 1.807) is 0 Å². The van der Waals surface area contributed by atoms with Crippen molar-refractivity contribution >= 4 is 5.69 Å². The van der Waals surface area contributed by atoms with E-state index in [0.29, 0.717) is 0 Å². The van der Waals surface area contributed by atoms with Crippen LogP contribution in [0.3, 0.4) is 0 Å². The molecule has 0 radical (unpaired) electrons. The third-order valence-corrected chi connectivity index (χ3v) is 6.49. The number of nitrogens with zero attached hydrogens (tertiary/aromatic N) is 1. The molecule has 4 N–H and O–H groups in total. The molecule has 0 aromatic heterocycles. The van der Waals surface area contributed by atoms with Crippen LogP contribution >= 0.6 is 0 Å². The molecule has 2 aliphatic heterocycles. The first-order valence-corrected chi connectivity index (χ1v) is 10.6. The van der Waals surface area contributed by atoms with Crippen molar-refractivity contribution in [2.45, 2.75) is 57.7 Å². The normalized spacial score (nSPS) is 30.3. The molecule has 3 fully saturated rings. The highest BCUT2D eigenvalue weighted by Crippen LogP contribution is 2.37. The van der Waals surface area contributed by atoms with Crippen molar-refractivity contribution < 1.29 is 0 Å². The minimum absolute atomic E-state index is 0.203. The Balaban J connectivity index is 1.31. The van der Waals surface area contributed by atoms with Crippen molar-refractivity contribution in [2.75, 3.05) is 31.6 Å². The second-order valence-electron chi connectivity index (χ2n) is 8.34. The van der Waals surface area contributed by atoms with Crippen LogP contribution in [0.25, 0.3) is 0 Å². The number of anilines is 1. The van der Waals surface area contributed by atoms with Crippen molar-refractivity contribution in [1.82, 2.24) is 21.1 Å².